The Kier molecular flexibility index (Phi) is 5.91. The summed E-state index contributed by atoms with van der Waals surface area (Å²) in [5.74, 6) is 0. The molecule has 2 aromatic rings. The molecular formula is C15H18Br3N3. The molecule has 6 heteroatoms. The first-order chi connectivity index (χ1) is 9.97. The molecular weight excluding hydrogens is 462 g/mol. The predicted octanol–water partition coefficient (Wildman–Crippen LogP) is 5.67. The average molecular weight is 480 g/mol. The van der Waals surface area contributed by atoms with E-state index in [0.29, 0.717) is 0 Å². The summed E-state index contributed by atoms with van der Waals surface area (Å²) in [5.41, 5.74) is 4.56. The Morgan fingerprint density at radius 1 is 1.14 bits per heavy atom. The Morgan fingerprint density at radius 2 is 1.76 bits per heavy atom. The van der Waals surface area contributed by atoms with Gasteiger partial charge >= 0.3 is 0 Å². The highest BCUT2D eigenvalue weighted by Crippen LogP contribution is 2.33. The summed E-state index contributed by atoms with van der Waals surface area (Å²) in [5, 5.41) is 8.12. The number of halogens is 3. The minimum Gasteiger partial charge on any atom is -0.378 e. The first-order valence-corrected chi connectivity index (χ1v) is 9.29. The van der Waals surface area contributed by atoms with Crippen molar-refractivity contribution in [3.63, 3.8) is 0 Å². The minimum atomic E-state index is 0.724. The van der Waals surface area contributed by atoms with Crippen molar-refractivity contribution in [1.29, 1.82) is 0 Å². The first-order valence-electron chi connectivity index (χ1n) is 6.91. The second kappa shape index (κ2) is 7.29. The summed E-state index contributed by atoms with van der Waals surface area (Å²) in [6.07, 6.45) is 0.929. The molecule has 0 amide bonds. The lowest BCUT2D eigenvalue weighted by atomic mass is 10.2. The highest BCUT2D eigenvalue weighted by Gasteiger charge is 2.14. The van der Waals surface area contributed by atoms with Crippen LogP contribution in [0.1, 0.15) is 30.8 Å². The van der Waals surface area contributed by atoms with Crippen LogP contribution in [-0.4, -0.2) is 9.78 Å². The standard InChI is InChI=1S/C15H18Br3N3/c1-4-12-14(18)13(21(5-2)20-12)8-19-15-10(16)6-9(3)7-11(15)17/h6-7,19H,4-5,8H2,1-3H3. The molecule has 0 bridgehead atoms. The van der Waals surface area contributed by atoms with Gasteiger partial charge in [-0.2, -0.15) is 5.10 Å². The Bertz CT molecular complexity index is 627. The smallest absolute Gasteiger partial charge is 0.0767 e. The first kappa shape index (κ1) is 17.0. The van der Waals surface area contributed by atoms with Crippen molar-refractivity contribution >= 4 is 53.5 Å². The molecule has 21 heavy (non-hydrogen) atoms. The van der Waals surface area contributed by atoms with Crippen LogP contribution in [0.4, 0.5) is 5.69 Å². The summed E-state index contributed by atoms with van der Waals surface area (Å²) in [6, 6.07) is 4.22. The Hall–Kier alpha value is -0.330. The average Bonchev–Trinajstić information content (AvgIpc) is 2.73. The summed E-state index contributed by atoms with van der Waals surface area (Å²) >= 11 is 10.9. The van der Waals surface area contributed by atoms with Crippen LogP contribution in [0.5, 0.6) is 0 Å². The maximum absolute atomic E-state index is 4.62. The van der Waals surface area contributed by atoms with Gasteiger partial charge in [-0.1, -0.05) is 6.92 Å². The lowest BCUT2D eigenvalue weighted by molar-refractivity contribution is 0.619. The van der Waals surface area contributed by atoms with Gasteiger partial charge in [-0.15, -0.1) is 0 Å². The molecule has 1 heterocycles. The maximum Gasteiger partial charge on any atom is 0.0767 e. The number of nitrogens with one attached hydrogen (secondary N) is 1. The van der Waals surface area contributed by atoms with Crippen LogP contribution in [0.15, 0.2) is 25.6 Å². The van der Waals surface area contributed by atoms with E-state index in [-0.39, 0.29) is 0 Å². The third-order valence-corrected chi connectivity index (χ3v) is 5.48. The number of benzene rings is 1. The molecule has 3 nitrogen and oxygen atoms in total. The molecule has 0 aliphatic heterocycles. The van der Waals surface area contributed by atoms with Gasteiger partial charge in [0.2, 0.25) is 0 Å². The molecule has 0 atom stereocenters. The van der Waals surface area contributed by atoms with E-state index in [1.54, 1.807) is 0 Å². The van der Waals surface area contributed by atoms with Gasteiger partial charge in [0, 0.05) is 15.5 Å². The molecule has 0 radical (unpaired) electrons. The van der Waals surface area contributed by atoms with Gasteiger partial charge in [0.15, 0.2) is 0 Å². The van der Waals surface area contributed by atoms with Crippen molar-refractivity contribution in [1.82, 2.24) is 9.78 Å². The molecule has 2 rings (SSSR count). The summed E-state index contributed by atoms with van der Waals surface area (Å²) in [7, 11) is 0. The fourth-order valence-electron chi connectivity index (χ4n) is 2.23. The molecule has 0 spiro atoms. The zero-order valence-electron chi connectivity index (χ0n) is 12.3. The molecule has 0 unspecified atom stereocenters. The number of rotatable bonds is 5. The van der Waals surface area contributed by atoms with E-state index in [1.807, 2.05) is 4.68 Å². The van der Waals surface area contributed by atoms with Crippen LogP contribution in [-0.2, 0) is 19.5 Å². The van der Waals surface area contributed by atoms with Gasteiger partial charge in [0.05, 0.1) is 28.1 Å². The molecule has 0 aliphatic carbocycles. The molecule has 0 saturated carbocycles. The molecule has 0 saturated heterocycles. The van der Waals surface area contributed by atoms with Gasteiger partial charge in [-0.3, -0.25) is 4.68 Å². The van der Waals surface area contributed by atoms with Crippen LogP contribution in [0.25, 0.3) is 0 Å². The van der Waals surface area contributed by atoms with E-state index in [4.69, 9.17) is 0 Å². The highest BCUT2D eigenvalue weighted by atomic mass is 79.9. The van der Waals surface area contributed by atoms with Crippen molar-refractivity contribution in [3.05, 3.63) is 42.5 Å². The number of aryl methyl sites for hydroxylation is 3. The normalized spacial score (nSPS) is 11.0. The SMILES string of the molecule is CCc1nn(CC)c(CNc2c(Br)cc(C)cc2Br)c1Br. The van der Waals surface area contributed by atoms with E-state index < -0.39 is 0 Å². The topological polar surface area (TPSA) is 29.9 Å². The van der Waals surface area contributed by atoms with Crippen LogP contribution in [0.3, 0.4) is 0 Å². The number of anilines is 1. The van der Waals surface area contributed by atoms with E-state index in [0.717, 1.165) is 44.3 Å². The fourth-order valence-corrected chi connectivity index (χ4v) is 4.63. The van der Waals surface area contributed by atoms with E-state index in [2.05, 4.69) is 91.1 Å². The molecule has 1 aromatic carbocycles. The van der Waals surface area contributed by atoms with Gasteiger partial charge in [0.25, 0.3) is 0 Å². The van der Waals surface area contributed by atoms with Crippen molar-refractivity contribution in [2.75, 3.05) is 5.32 Å². The maximum atomic E-state index is 4.62. The minimum absolute atomic E-state index is 0.724. The number of nitrogens with zero attached hydrogens (tertiary/aromatic N) is 2. The lowest BCUT2D eigenvalue weighted by Crippen LogP contribution is -2.09. The predicted molar refractivity (Wildman–Crippen MR) is 98.9 cm³/mol. The highest BCUT2D eigenvalue weighted by molar-refractivity contribution is 9.11. The van der Waals surface area contributed by atoms with Gasteiger partial charge in [-0.25, -0.2) is 0 Å². The second-order valence-electron chi connectivity index (χ2n) is 4.83. The largest absolute Gasteiger partial charge is 0.378 e. The van der Waals surface area contributed by atoms with Gasteiger partial charge in [-0.05, 0) is 85.8 Å². The number of hydrogen-bond donors (Lipinski definition) is 1. The monoisotopic (exact) mass is 477 g/mol. The quantitative estimate of drug-likeness (QED) is 0.598. The summed E-state index contributed by atoms with van der Waals surface area (Å²) in [6.45, 7) is 7.90. The Labute approximate surface area is 150 Å². The zero-order valence-corrected chi connectivity index (χ0v) is 17.1. The van der Waals surface area contributed by atoms with Crippen molar-refractivity contribution < 1.29 is 0 Å². The van der Waals surface area contributed by atoms with E-state index in [9.17, 15) is 0 Å². The van der Waals surface area contributed by atoms with E-state index in [1.165, 1.54) is 11.3 Å². The molecule has 1 aromatic heterocycles. The fraction of sp³-hybridized carbons (Fsp3) is 0.400. The van der Waals surface area contributed by atoms with Crippen molar-refractivity contribution in [3.8, 4) is 0 Å². The van der Waals surface area contributed by atoms with Gasteiger partial charge < -0.3 is 5.32 Å². The Morgan fingerprint density at radius 3 is 2.29 bits per heavy atom. The van der Waals surface area contributed by atoms with Crippen LogP contribution < -0.4 is 5.32 Å². The second-order valence-corrected chi connectivity index (χ2v) is 7.34. The number of hydrogen-bond acceptors (Lipinski definition) is 2. The third kappa shape index (κ3) is 3.71. The molecule has 0 fully saturated rings. The van der Waals surface area contributed by atoms with Crippen molar-refractivity contribution in [2.24, 2.45) is 0 Å². The van der Waals surface area contributed by atoms with Gasteiger partial charge in [0.1, 0.15) is 0 Å². The lowest BCUT2D eigenvalue weighted by Gasteiger charge is -2.13. The summed E-state index contributed by atoms with van der Waals surface area (Å²) in [4.78, 5) is 0. The third-order valence-electron chi connectivity index (χ3n) is 3.31. The molecule has 114 valence electrons. The molecule has 1 N–H and O–H groups in total. The number of aromatic nitrogens is 2. The van der Waals surface area contributed by atoms with E-state index >= 15 is 0 Å². The van der Waals surface area contributed by atoms with Crippen LogP contribution in [0.2, 0.25) is 0 Å². The van der Waals surface area contributed by atoms with Crippen molar-refractivity contribution in [2.45, 2.75) is 40.3 Å². The zero-order chi connectivity index (χ0) is 15.6. The Balaban J connectivity index is 2.26. The molecule has 0 aliphatic rings. The summed E-state index contributed by atoms with van der Waals surface area (Å²) < 4.78 is 5.28. The van der Waals surface area contributed by atoms with Crippen LogP contribution >= 0.6 is 47.8 Å². The van der Waals surface area contributed by atoms with Crippen LogP contribution in [0, 0.1) is 6.92 Å².